The van der Waals surface area contributed by atoms with Crippen LogP contribution in [0, 0.1) is 0 Å². The van der Waals surface area contributed by atoms with Gasteiger partial charge in [0.2, 0.25) is 0 Å². The van der Waals surface area contributed by atoms with Gasteiger partial charge < -0.3 is 4.57 Å². The third-order valence-corrected chi connectivity index (χ3v) is 5.13. The summed E-state index contributed by atoms with van der Waals surface area (Å²) in [5.41, 5.74) is 1.35. The maximum Gasteiger partial charge on any atom is 0.259 e. The van der Waals surface area contributed by atoms with E-state index in [2.05, 4.69) is 28.1 Å². The lowest BCUT2D eigenvalue weighted by molar-refractivity contribution is 0.592. The average Bonchev–Trinajstić information content (AvgIpc) is 2.97. The molecule has 0 spiro atoms. The molecule has 0 radical (unpaired) electrons. The predicted octanol–water partition coefficient (Wildman–Crippen LogP) is 4.24. The third-order valence-electron chi connectivity index (χ3n) is 3.47. The summed E-state index contributed by atoms with van der Waals surface area (Å²) in [5, 5.41) is 3.62. The highest BCUT2D eigenvalue weighted by Crippen LogP contribution is 2.21. The second kappa shape index (κ2) is 5.94. The summed E-state index contributed by atoms with van der Waals surface area (Å²) in [7, 11) is 0. The van der Waals surface area contributed by atoms with Crippen LogP contribution < -0.4 is 5.56 Å². The van der Waals surface area contributed by atoms with E-state index in [0.717, 1.165) is 15.4 Å². The molecule has 0 aliphatic heterocycles. The van der Waals surface area contributed by atoms with Crippen LogP contribution in [0.25, 0.3) is 10.1 Å². The van der Waals surface area contributed by atoms with Crippen LogP contribution in [0.4, 0.5) is 0 Å². The van der Waals surface area contributed by atoms with E-state index in [1.807, 2.05) is 46.5 Å². The maximum absolute atomic E-state index is 12.4. The molecule has 1 atom stereocenters. The molecular formula is C16H14BrNOS. The quantitative estimate of drug-likeness (QED) is 0.647. The predicted molar refractivity (Wildman–Crippen MR) is 89.1 cm³/mol. The number of hydrogen-bond acceptors (Lipinski definition) is 2. The lowest BCUT2D eigenvalue weighted by atomic mass is 10.0. The number of pyridine rings is 1. The molecule has 0 bridgehead atoms. The molecule has 0 fully saturated rings. The second-order valence-electron chi connectivity index (χ2n) is 4.73. The van der Waals surface area contributed by atoms with E-state index in [-0.39, 0.29) is 5.56 Å². The summed E-state index contributed by atoms with van der Waals surface area (Å²) in [5.74, 6) is 0.296. The van der Waals surface area contributed by atoms with Crippen molar-refractivity contribution in [1.29, 1.82) is 0 Å². The van der Waals surface area contributed by atoms with E-state index in [1.54, 1.807) is 11.3 Å². The van der Waals surface area contributed by atoms with Gasteiger partial charge in [-0.1, -0.05) is 46.3 Å². The van der Waals surface area contributed by atoms with E-state index >= 15 is 0 Å². The summed E-state index contributed by atoms with van der Waals surface area (Å²) < 4.78 is 2.87. The fourth-order valence-corrected chi connectivity index (χ4v) is 3.71. The van der Waals surface area contributed by atoms with Crippen LogP contribution in [0.2, 0.25) is 0 Å². The lowest BCUT2D eigenvalue weighted by Gasteiger charge is -2.16. The number of benzene rings is 1. The molecule has 102 valence electrons. The zero-order chi connectivity index (χ0) is 13.9. The maximum atomic E-state index is 12.4. The molecule has 4 heteroatoms. The molecule has 2 aromatic heterocycles. The summed E-state index contributed by atoms with van der Waals surface area (Å²) >= 11 is 5.17. The topological polar surface area (TPSA) is 22.0 Å². The minimum absolute atomic E-state index is 0.102. The van der Waals surface area contributed by atoms with Crippen molar-refractivity contribution in [2.45, 2.75) is 12.5 Å². The minimum atomic E-state index is 0.102. The average molecular weight is 348 g/mol. The van der Waals surface area contributed by atoms with E-state index in [1.165, 1.54) is 5.56 Å². The zero-order valence-electron chi connectivity index (χ0n) is 10.8. The Bertz CT molecular complexity index is 763. The van der Waals surface area contributed by atoms with Crippen molar-refractivity contribution in [3.8, 4) is 0 Å². The van der Waals surface area contributed by atoms with Gasteiger partial charge >= 0.3 is 0 Å². The molecule has 20 heavy (non-hydrogen) atoms. The molecule has 0 N–H and O–H groups in total. The first-order valence-corrected chi connectivity index (χ1v) is 8.47. The van der Waals surface area contributed by atoms with Gasteiger partial charge in [0.25, 0.3) is 5.56 Å². The first kappa shape index (κ1) is 13.6. The summed E-state index contributed by atoms with van der Waals surface area (Å²) in [6.45, 7) is 0.694. The molecule has 1 aromatic carbocycles. The van der Waals surface area contributed by atoms with Gasteiger partial charge in [-0.15, -0.1) is 11.3 Å². The smallest absolute Gasteiger partial charge is 0.259 e. The van der Waals surface area contributed by atoms with Crippen molar-refractivity contribution in [2.24, 2.45) is 0 Å². The van der Waals surface area contributed by atoms with E-state index in [9.17, 15) is 4.79 Å². The molecule has 1 unspecified atom stereocenters. The molecule has 3 rings (SSSR count). The fraction of sp³-hybridized carbons (Fsp3) is 0.188. The molecule has 2 heterocycles. The van der Waals surface area contributed by atoms with Gasteiger partial charge in [-0.3, -0.25) is 4.79 Å². The Balaban J connectivity index is 1.95. The molecule has 2 nitrogen and oxygen atoms in total. The highest BCUT2D eigenvalue weighted by Gasteiger charge is 2.12. The van der Waals surface area contributed by atoms with Crippen LogP contribution in [0.1, 0.15) is 11.5 Å². The number of thiophene rings is 1. The number of rotatable bonds is 4. The van der Waals surface area contributed by atoms with Crippen LogP contribution >= 0.6 is 27.3 Å². The van der Waals surface area contributed by atoms with E-state index in [4.69, 9.17) is 0 Å². The fourth-order valence-electron chi connectivity index (χ4n) is 2.36. The van der Waals surface area contributed by atoms with Crippen LogP contribution in [-0.2, 0) is 6.54 Å². The molecule has 0 saturated carbocycles. The normalized spacial score (nSPS) is 12.7. The second-order valence-corrected chi connectivity index (χ2v) is 6.33. The first-order valence-electron chi connectivity index (χ1n) is 6.47. The molecule has 0 saturated heterocycles. The summed E-state index contributed by atoms with van der Waals surface area (Å²) in [6.07, 6.45) is 1.90. The molecular weight excluding hydrogens is 334 g/mol. The standard InChI is InChI=1S/C16H14BrNOS/c17-10-13(12-4-2-1-3-5-12)11-18-8-6-15-14(16(18)19)7-9-20-15/h1-9,13H,10-11H2. The number of fused-ring (bicyclic) bond motifs is 1. The van der Waals surface area contributed by atoms with Crippen molar-refractivity contribution in [3.05, 3.63) is 70.0 Å². The first-order chi connectivity index (χ1) is 9.79. The van der Waals surface area contributed by atoms with Crippen molar-refractivity contribution in [3.63, 3.8) is 0 Å². The monoisotopic (exact) mass is 347 g/mol. The Morgan fingerprint density at radius 3 is 2.70 bits per heavy atom. The molecule has 0 aliphatic rings. The number of hydrogen-bond donors (Lipinski definition) is 0. The summed E-state index contributed by atoms with van der Waals surface area (Å²) in [4.78, 5) is 12.4. The van der Waals surface area contributed by atoms with Gasteiger partial charge in [-0.25, -0.2) is 0 Å². The van der Waals surface area contributed by atoms with E-state index in [0.29, 0.717) is 12.5 Å². The minimum Gasteiger partial charge on any atom is -0.314 e. The summed E-state index contributed by atoms with van der Waals surface area (Å²) in [6, 6.07) is 14.2. The Kier molecular flexibility index (Phi) is 4.03. The van der Waals surface area contributed by atoms with Crippen molar-refractivity contribution in [2.75, 3.05) is 5.33 Å². The van der Waals surface area contributed by atoms with Gasteiger partial charge in [0.15, 0.2) is 0 Å². The van der Waals surface area contributed by atoms with Crippen LogP contribution in [0.15, 0.2) is 58.8 Å². The van der Waals surface area contributed by atoms with E-state index < -0.39 is 0 Å². The Labute approximate surface area is 129 Å². The largest absolute Gasteiger partial charge is 0.314 e. The van der Waals surface area contributed by atoms with Crippen LogP contribution in [-0.4, -0.2) is 9.90 Å². The van der Waals surface area contributed by atoms with Crippen LogP contribution in [0.3, 0.4) is 0 Å². The van der Waals surface area contributed by atoms with Crippen LogP contribution in [0.5, 0.6) is 0 Å². The van der Waals surface area contributed by atoms with Crippen molar-refractivity contribution >= 4 is 37.4 Å². The van der Waals surface area contributed by atoms with Gasteiger partial charge in [0, 0.05) is 28.7 Å². The Morgan fingerprint density at radius 2 is 1.95 bits per heavy atom. The number of aromatic nitrogens is 1. The lowest BCUT2D eigenvalue weighted by Crippen LogP contribution is -2.23. The molecule has 3 aromatic rings. The number of halogens is 1. The van der Waals surface area contributed by atoms with Gasteiger partial charge in [0.1, 0.15) is 0 Å². The number of alkyl halides is 1. The molecule has 0 aliphatic carbocycles. The molecule has 0 amide bonds. The third kappa shape index (κ3) is 2.58. The Hall–Kier alpha value is -1.39. The van der Waals surface area contributed by atoms with Gasteiger partial charge in [-0.05, 0) is 23.1 Å². The van der Waals surface area contributed by atoms with Gasteiger partial charge in [0.05, 0.1) is 5.39 Å². The highest BCUT2D eigenvalue weighted by molar-refractivity contribution is 9.09. The Morgan fingerprint density at radius 1 is 1.15 bits per heavy atom. The van der Waals surface area contributed by atoms with Crippen molar-refractivity contribution in [1.82, 2.24) is 4.57 Å². The van der Waals surface area contributed by atoms with Gasteiger partial charge in [-0.2, -0.15) is 0 Å². The zero-order valence-corrected chi connectivity index (χ0v) is 13.2. The highest BCUT2D eigenvalue weighted by atomic mass is 79.9. The van der Waals surface area contributed by atoms with Crippen molar-refractivity contribution < 1.29 is 0 Å². The SMILES string of the molecule is O=c1c2ccsc2ccn1CC(CBr)c1ccccc1. The number of nitrogens with zero attached hydrogens (tertiary/aromatic N) is 1.